The summed E-state index contributed by atoms with van der Waals surface area (Å²) in [6.07, 6.45) is -0.879. The molecule has 122 valence electrons. The zero-order valence-corrected chi connectivity index (χ0v) is 13.6. The van der Waals surface area contributed by atoms with Gasteiger partial charge < -0.3 is 9.47 Å². The highest BCUT2D eigenvalue weighted by Crippen LogP contribution is 2.14. The van der Waals surface area contributed by atoms with Crippen LogP contribution in [0.5, 0.6) is 5.75 Å². The molecule has 0 saturated carbocycles. The van der Waals surface area contributed by atoms with E-state index in [1.54, 1.807) is 48.5 Å². The van der Waals surface area contributed by atoms with Crippen molar-refractivity contribution in [1.82, 2.24) is 0 Å². The number of carbonyl (C=O) groups is 2. The maximum Gasteiger partial charge on any atom is 0.347 e. The van der Waals surface area contributed by atoms with E-state index >= 15 is 0 Å². The van der Waals surface area contributed by atoms with Gasteiger partial charge in [0.15, 0.2) is 18.5 Å². The monoisotopic (exact) mass is 343 g/mol. The van der Waals surface area contributed by atoms with Gasteiger partial charge in [-0.25, -0.2) is 4.79 Å². The Hall–Kier alpha value is -2.84. The molecule has 0 spiro atoms. The van der Waals surface area contributed by atoms with Crippen molar-refractivity contribution >= 4 is 23.4 Å². The molecular weight excluding hydrogens is 330 g/mol. The lowest BCUT2D eigenvalue weighted by Gasteiger charge is -2.13. The average molecular weight is 344 g/mol. The number of ketones is 1. The number of Topliss-reactive ketones (excluding diaryl/α,β-unsaturated/α-hetero) is 1. The first-order valence-electron chi connectivity index (χ1n) is 7.12. The van der Waals surface area contributed by atoms with E-state index in [2.05, 4.69) is 0 Å². The number of ether oxygens (including phenoxy) is 2. The summed E-state index contributed by atoms with van der Waals surface area (Å²) in [6, 6.07) is 14.6. The van der Waals surface area contributed by atoms with Gasteiger partial charge in [-0.2, -0.15) is 5.26 Å². The van der Waals surface area contributed by atoms with E-state index in [1.807, 2.05) is 6.07 Å². The Bertz CT molecular complexity index is 763. The minimum absolute atomic E-state index is 0.328. The summed E-state index contributed by atoms with van der Waals surface area (Å²) in [5.74, 6) is -0.547. The summed E-state index contributed by atoms with van der Waals surface area (Å²) in [5.41, 5.74) is 0.902. The van der Waals surface area contributed by atoms with E-state index in [0.717, 1.165) is 0 Å². The van der Waals surface area contributed by atoms with Crippen molar-refractivity contribution in [3.63, 3.8) is 0 Å². The van der Waals surface area contributed by atoms with E-state index in [-0.39, 0.29) is 12.4 Å². The summed E-state index contributed by atoms with van der Waals surface area (Å²) < 4.78 is 10.4. The molecule has 0 radical (unpaired) electrons. The Morgan fingerprint density at radius 2 is 1.75 bits per heavy atom. The highest BCUT2D eigenvalue weighted by atomic mass is 35.5. The third kappa shape index (κ3) is 4.83. The first-order valence-corrected chi connectivity index (χ1v) is 7.49. The van der Waals surface area contributed by atoms with Crippen LogP contribution in [0.15, 0.2) is 48.5 Å². The normalized spacial score (nSPS) is 11.2. The fraction of sp³-hybridized carbons (Fsp3) is 0.167. The molecule has 0 heterocycles. The minimum Gasteiger partial charge on any atom is -0.479 e. The lowest BCUT2D eigenvalue weighted by atomic mass is 10.1. The van der Waals surface area contributed by atoms with Crippen molar-refractivity contribution in [2.24, 2.45) is 0 Å². The second-order valence-corrected chi connectivity index (χ2v) is 5.37. The summed E-state index contributed by atoms with van der Waals surface area (Å²) in [6.45, 7) is 1.15. The molecule has 24 heavy (non-hydrogen) atoms. The summed E-state index contributed by atoms with van der Waals surface area (Å²) in [4.78, 5) is 23.8. The molecule has 1 atom stereocenters. The van der Waals surface area contributed by atoms with Crippen LogP contribution >= 0.6 is 11.6 Å². The largest absolute Gasteiger partial charge is 0.479 e. The van der Waals surface area contributed by atoms with Gasteiger partial charge >= 0.3 is 5.97 Å². The van der Waals surface area contributed by atoms with Crippen molar-refractivity contribution in [1.29, 1.82) is 5.26 Å². The number of carbonyl (C=O) groups excluding carboxylic acids is 2. The topological polar surface area (TPSA) is 76.4 Å². The van der Waals surface area contributed by atoms with Crippen LogP contribution in [0.25, 0.3) is 0 Å². The number of rotatable bonds is 6. The smallest absolute Gasteiger partial charge is 0.347 e. The van der Waals surface area contributed by atoms with Crippen molar-refractivity contribution in [2.45, 2.75) is 13.0 Å². The SMILES string of the molecule is C[C@@H](Oc1ccc(C#N)cc1)C(=O)OCC(=O)c1ccc(Cl)cc1. The third-order valence-corrected chi connectivity index (χ3v) is 3.39. The standard InChI is InChI=1S/C18H14ClNO4/c1-12(24-16-8-2-13(10-20)3-9-16)18(22)23-11-17(21)14-4-6-15(19)7-5-14/h2-9,12H,11H2,1H3/t12-/m1/s1. The maximum absolute atomic E-state index is 11.9. The van der Waals surface area contributed by atoms with Gasteiger partial charge in [0.25, 0.3) is 0 Å². The van der Waals surface area contributed by atoms with Crippen LogP contribution in [0.2, 0.25) is 5.02 Å². The van der Waals surface area contributed by atoms with E-state index in [9.17, 15) is 9.59 Å². The van der Waals surface area contributed by atoms with E-state index in [1.165, 1.54) is 6.92 Å². The van der Waals surface area contributed by atoms with Crippen molar-refractivity contribution < 1.29 is 19.1 Å². The van der Waals surface area contributed by atoms with Crippen LogP contribution in [0.4, 0.5) is 0 Å². The molecule has 2 aromatic rings. The molecular formula is C18H14ClNO4. The Balaban J connectivity index is 1.85. The van der Waals surface area contributed by atoms with Gasteiger partial charge in [0.2, 0.25) is 0 Å². The summed E-state index contributed by atoms with van der Waals surface area (Å²) >= 11 is 5.75. The molecule has 0 aromatic heterocycles. The Kier molecular flexibility index (Phi) is 5.94. The third-order valence-electron chi connectivity index (χ3n) is 3.14. The number of esters is 1. The lowest BCUT2D eigenvalue weighted by Crippen LogP contribution is -2.28. The van der Waals surface area contributed by atoms with E-state index < -0.39 is 12.1 Å². The van der Waals surface area contributed by atoms with Crippen molar-refractivity contribution in [2.75, 3.05) is 6.61 Å². The molecule has 2 aromatic carbocycles. The van der Waals surface area contributed by atoms with Crippen LogP contribution in [-0.2, 0) is 9.53 Å². The van der Waals surface area contributed by atoms with Crippen LogP contribution in [0.1, 0.15) is 22.8 Å². The van der Waals surface area contributed by atoms with Gasteiger partial charge in [-0.05, 0) is 55.5 Å². The molecule has 5 nitrogen and oxygen atoms in total. The number of nitrogens with zero attached hydrogens (tertiary/aromatic N) is 1. The van der Waals surface area contributed by atoms with Gasteiger partial charge in [0.05, 0.1) is 11.6 Å². The molecule has 6 heteroatoms. The van der Waals surface area contributed by atoms with Crippen LogP contribution < -0.4 is 4.74 Å². The maximum atomic E-state index is 11.9. The fourth-order valence-corrected chi connectivity index (χ4v) is 1.96. The number of hydrogen-bond donors (Lipinski definition) is 0. The molecule has 0 unspecified atom stereocenters. The highest BCUT2D eigenvalue weighted by molar-refractivity contribution is 6.30. The molecule has 0 fully saturated rings. The average Bonchev–Trinajstić information content (AvgIpc) is 2.60. The Labute approximate surface area is 144 Å². The quantitative estimate of drug-likeness (QED) is 0.593. The van der Waals surface area contributed by atoms with Gasteiger partial charge in [-0.15, -0.1) is 0 Å². The molecule has 0 amide bonds. The first-order chi connectivity index (χ1) is 11.5. The number of hydrogen-bond acceptors (Lipinski definition) is 5. The predicted molar refractivity (Wildman–Crippen MR) is 88.0 cm³/mol. The van der Waals surface area contributed by atoms with E-state index in [4.69, 9.17) is 26.3 Å². The number of halogens is 1. The zero-order chi connectivity index (χ0) is 17.5. The van der Waals surface area contributed by atoms with Gasteiger partial charge in [-0.1, -0.05) is 11.6 Å². The molecule has 0 N–H and O–H groups in total. The second kappa shape index (κ2) is 8.14. The predicted octanol–water partition coefficient (Wildman–Crippen LogP) is 3.41. The molecule has 0 aliphatic rings. The second-order valence-electron chi connectivity index (χ2n) is 4.93. The van der Waals surface area contributed by atoms with Gasteiger partial charge in [-0.3, -0.25) is 4.79 Å². The Morgan fingerprint density at radius 3 is 2.33 bits per heavy atom. The summed E-state index contributed by atoms with van der Waals surface area (Å²) in [5, 5.41) is 9.25. The minimum atomic E-state index is -0.879. The Morgan fingerprint density at radius 1 is 1.12 bits per heavy atom. The highest BCUT2D eigenvalue weighted by Gasteiger charge is 2.18. The number of benzene rings is 2. The summed E-state index contributed by atoms with van der Waals surface area (Å²) in [7, 11) is 0. The molecule has 0 bridgehead atoms. The lowest BCUT2D eigenvalue weighted by molar-refractivity contribution is -0.149. The molecule has 0 saturated heterocycles. The van der Waals surface area contributed by atoms with Gasteiger partial charge in [0, 0.05) is 10.6 Å². The van der Waals surface area contributed by atoms with Crippen LogP contribution in [-0.4, -0.2) is 24.5 Å². The first kappa shape index (κ1) is 17.5. The van der Waals surface area contributed by atoms with Crippen LogP contribution in [0, 0.1) is 11.3 Å². The van der Waals surface area contributed by atoms with Crippen molar-refractivity contribution in [3.05, 3.63) is 64.7 Å². The molecule has 0 aliphatic carbocycles. The van der Waals surface area contributed by atoms with Gasteiger partial charge in [0.1, 0.15) is 5.75 Å². The van der Waals surface area contributed by atoms with E-state index in [0.29, 0.717) is 21.9 Å². The molecule has 2 rings (SSSR count). The number of nitriles is 1. The van der Waals surface area contributed by atoms with Crippen LogP contribution in [0.3, 0.4) is 0 Å². The molecule has 0 aliphatic heterocycles. The van der Waals surface area contributed by atoms with Crippen molar-refractivity contribution in [3.8, 4) is 11.8 Å². The zero-order valence-electron chi connectivity index (χ0n) is 12.9. The fourth-order valence-electron chi connectivity index (χ4n) is 1.83.